The van der Waals surface area contributed by atoms with E-state index in [1.807, 2.05) is 37.4 Å². The third kappa shape index (κ3) is 3.33. The van der Waals surface area contributed by atoms with Crippen LogP contribution in [0, 0.1) is 5.92 Å². The zero-order valence-electron chi connectivity index (χ0n) is 11.3. The molecule has 2 atom stereocenters. The Balaban J connectivity index is 2.11. The Hall–Kier alpha value is -1.39. The molecule has 2 rings (SSSR count). The second kappa shape index (κ2) is 6.68. The summed E-state index contributed by atoms with van der Waals surface area (Å²) in [5, 5.41) is 9.23. The predicted octanol–water partition coefficient (Wildman–Crippen LogP) is 1.61. The van der Waals surface area contributed by atoms with E-state index >= 15 is 0 Å². The highest BCUT2D eigenvalue weighted by molar-refractivity contribution is 5.79. The molecule has 0 aliphatic carbocycles. The molecule has 1 aliphatic rings. The lowest BCUT2D eigenvalue weighted by molar-refractivity contribution is -0.136. The van der Waals surface area contributed by atoms with Gasteiger partial charge in [-0.15, -0.1) is 0 Å². The molecule has 19 heavy (non-hydrogen) atoms. The molecule has 1 aliphatic heterocycles. The SMILES string of the molecule is CN(C(=O)C1CCOC1)C(CCO)c1ccccc1. The molecule has 0 saturated carbocycles. The van der Waals surface area contributed by atoms with Crippen LogP contribution in [0.5, 0.6) is 0 Å². The van der Waals surface area contributed by atoms with Crippen LogP contribution in [0.25, 0.3) is 0 Å². The van der Waals surface area contributed by atoms with E-state index in [4.69, 9.17) is 4.74 Å². The molecule has 1 saturated heterocycles. The molecule has 4 heteroatoms. The van der Waals surface area contributed by atoms with E-state index in [0.29, 0.717) is 19.6 Å². The Labute approximate surface area is 114 Å². The molecular weight excluding hydrogens is 242 g/mol. The number of aliphatic hydroxyl groups is 1. The molecular formula is C15H21NO3. The summed E-state index contributed by atoms with van der Waals surface area (Å²) < 4.78 is 5.28. The van der Waals surface area contributed by atoms with Crippen molar-refractivity contribution in [2.24, 2.45) is 5.92 Å². The lowest BCUT2D eigenvalue weighted by Crippen LogP contribution is -2.36. The number of amides is 1. The van der Waals surface area contributed by atoms with Crippen LogP contribution in [0.15, 0.2) is 30.3 Å². The monoisotopic (exact) mass is 263 g/mol. The second-order valence-corrected chi connectivity index (χ2v) is 4.95. The average molecular weight is 263 g/mol. The minimum absolute atomic E-state index is 0.0325. The van der Waals surface area contributed by atoms with Crippen molar-refractivity contribution in [2.45, 2.75) is 18.9 Å². The van der Waals surface area contributed by atoms with E-state index < -0.39 is 0 Å². The Morgan fingerprint density at radius 3 is 2.79 bits per heavy atom. The highest BCUT2D eigenvalue weighted by Crippen LogP contribution is 2.26. The van der Waals surface area contributed by atoms with Gasteiger partial charge in [0.2, 0.25) is 5.91 Å². The number of aliphatic hydroxyl groups excluding tert-OH is 1. The van der Waals surface area contributed by atoms with Crippen LogP contribution >= 0.6 is 0 Å². The molecule has 1 amide bonds. The van der Waals surface area contributed by atoms with Gasteiger partial charge in [-0.1, -0.05) is 30.3 Å². The van der Waals surface area contributed by atoms with Gasteiger partial charge < -0.3 is 14.7 Å². The van der Waals surface area contributed by atoms with Gasteiger partial charge in [0.05, 0.1) is 18.6 Å². The maximum absolute atomic E-state index is 12.4. The van der Waals surface area contributed by atoms with Gasteiger partial charge in [0.25, 0.3) is 0 Å². The molecule has 0 aromatic heterocycles. The quantitative estimate of drug-likeness (QED) is 0.878. The van der Waals surface area contributed by atoms with E-state index in [9.17, 15) is 9.90 Å². The fourth-order valence-corrected chi connectivity index (χ4v) is 2.55. The highest BCUT2D eigenvalue weighted by atomic mass is 16.5. The van der Waals surface area contributed by atoms with Crippen LogP contribution in [0.4, 0.5) is 0 Å². The standard InChI is InChI=1S/C15H21NO3/c1-16(15(18)13-8-10-19-11-13)14(7-9-17)12-5-3-2-4-6-12/h2-6,13-14,17H,7-11H2,1H3. The predicted molar refractivity (Wildman–Crippen MR) is 72.6 cm³/mol. The van der Waals surface area contributed by atoms with Crippen LogP contribution in [-0.2, 0) is 9.53 Å². The Kier molecular flexibility index (Phi) is 4.93. The molecule has 4 nitrogen and oxygen atoms in total. The maximum Gasteiger partial charge on any atom is 0.228 e. The summed E-state index contributed by atoms with van der Waals surface area (Å²) in [6.45, 7) is 1.25. The second-order valence-electron chi connectivity index (χ2n) is 4.95. The Bertz CT molecular complexity index is 401. The first kappa shape index (κ1) is 14.0. The van der Waals surface area contributed by atoms with E-state index in [2.05, 4.69) is 0 Å². The number of rotatable bonds is 5. The lowest BCUT2D eigenvalue weighted by Gasteiger charge is -2.30. The van der Waals surface area contributed by atoms with Crippen molar-refractivity contribution in [1.29, 1.82) is 0 Å². The van der Waals surface area contributed by atoms with E-state index in [-0.39, 0.29) is 24.5 Å². The molecule has 104 valence electrons. The fraction of sp³-hybridized carbons (Fsp3) is 0.533. The molecule has 1 fully saturated rings. The van der Waals surface area contributed by atoms with Crippen LogP contribution in [0.1, 0.15) is 24.4 Å². The van der Waals surface area contributed by atoms with Crippen molar-refractivity contribution in [3.8, 4) is 0 Å². The zero-order chi connectivity index (χ0) is 13.7. The van der Waals surface area contributed by atoms with E-state index in [0.717, 1.165) is 12.0 Å². The van der Waals surface area contributed by atoms with E-state index in [1.165, 1.54) is 0 Å². The van der Waals surface area contributed by atoms with Gasteiger partial charge in [0.15, 0.2) is 0 Å². The Morgan fingerprint density at radius 1 is 1.47 bits per heavy atom. The summed E-state index contributed by atoms with van der Waals surface area (Å²) >= 11 is 0. The molecule has 1 N–H and O–H groups in total. The van der Waals surface area contributed by atoms with Crippen molar-refractivity contribution in [3.63, 3.8) is 0 Å². The minimum Gasteiger partial charge on any atom is -0.396 e. The van der Waals surface area contributed by atoms with Crippen molar-refractivity contribution < 1.29 is 14.6 Å². The largest absolute Gasteiger partial charge is 0.396 e. The van der Waals surface area contributed by atoms with Gasteiger partial charge in [-0.2, -0.15) is 0 Å². The highest BCUT2D eigenvalue weighted by Gasteiger charge is 2.30. The van der Waals surface area contributed by atoms with Crippen molar-refractivity contribution in [2.75, 3.05) is 26.9 Å². The molecule has 2 unspecified atom stereocenters. The van der Waals surface area contributed by atoms with Gasteiger partial charge in [-0.3, -0.25) is 4.79 Å². The van der Waals surface area contributed by atoms with Gasteiger partial charge in [-0.05, 0) is 18.4 Å². The van der Waals surface area contributed by atoms with Crippen LogP contribution in [-0.4, -0.2) is 42.8 Å². The number of ether oxygens (including phenoxy) is 1. The molecule has 0 bridgehead atoms. The molecule has 0 radical (unpaired) electrons. The lowest BCUT2D eigenvalue weighted by atomic mass is 10.00. The normalized spacial score (nSPS) is 20.2. The average Bonchev–Trinajstić information content (AvgIpc) is 2.98. The number of carbonyl (C=O) groups is 1. The maximum atomic E-state index is 12.4. The number of carbonyl (C=O) groups excluding carboxylic acids is 1. The third-order valence-electron chi connectivity index (χ3n) is 3.68. The molecule has 0 spiro atoms. The number of hydrogen-bond donors (Lipinski definition) is 1. The van der Waals surface area contributed by atoms with E-state index in [1.54, 1.807) is 4.90 Å². The summed E-state index contributed by atoms with van der Waals surface area (Å²) in [4.78, 5) is 14.2. The van der Waals surface area contributed by atoms with Gasteiger partial charge >= 0.3 is 0 Å². The minimum atomic E-state index is -0.0701. The summed E-state index contributed by atoms with van der Waals surface area (Å²) in [5.74, 6) is 0.0784. The van der Waals surface area contributed by atoms with Crippen molar-refractivity contribution in [1.82, 2.24) is 4.90 Å². The van der Waals surface area contributed by atoms with Crippen molar-refractivity contribution >= 4 is 5.91 Å². The number of benzene rings is 1. The summed E-state index contributed by atoms with van der Waals surface area (Å²) in [5.41, 5.74) is 1.06. The summed E-state index contributed by atoms with van der Waals surface area (Å²) in [6.07, 6.45) is 1.35. The first-order chi connectivity index (χ1) is 9.24. The zero-order valence-corrected chi connectivity index (χ0v) is 11.3. The van der Waals surface area contributed by atoms with Gasteiger partial charge in [-0.25, -0.2) is 0 Å². The van der Waals surface area contributed by atoms with Crippen molar-refractivity contribution in [3.05, 3.63) is 35.9 Å². The molecule has 1 aromatic rings. The topological polar surface area (TPSA) is 49.8 Å². The summed E-state index contributed by atoms with van der Waals surface area (Å²) in [7, 11) is 1.81. The smallest absolute Gasteiger partial charge is 0.228 e. The number of hydrogen-bond acceptors (Lipinski definition) is 3. The van der Waals surface area contributed by atoms with Crippen LogP contribution in [0.2, 0.25) is 0 Å². The molecule has 1 heterocycles. The Morgan fingerprint density at radius 2 is 2.21 bits per heavy atom. The first-order valence-corrected chi connectivity index (χ1v) is 6.74. The fourth-order valence-electron chi connectivity index (χ4n) is 2.55. The third-order valence-corrected chi connectivity index (χ3v) is 3.68. The summed E-state index contributed by atoms with van der Waals surface area (Å²) in [6, 6.07) is 9.78. The van der Waals surface area contributed by atoms with Crippen LogP contribution in [0.3, 0.4) is 0 Å². The van der Waals surface area contributed by atoms with Gasteiger partial charge in [0, 0.05) is 20.3 Å². The molecule has 1 aromatic carbocycles. The van der Waals surface area contributed by atoms with Crippen LogP contribution < -0.4 is 0 Å². The number of nitrogens with zero attached hydrogens (tertiary/aromatic N) is 1. The van der Waals surface area contributed by atoms with Gasteiger partial charge in [0.1, 0.15) is 0 Å². The first-order valence-electron chi connectivity index (χ1n) is 6.74.